The minimum absolute atomic E-state index is 0.0676. The highest BCUT2D eigenvalue weighted by molar-refractivity contribution is 6.16. The average Bonchev–Trinajstić information content (AvgIpc) is 2.74. The lowest BCUT2D eigenvalue weighted by atomic mass is 10.2. The molecule has 1 aromatic carbocycles. The summed E-state index contributed by atoms with van der Waals surface area (Å²) in [6, 6.07) is 6.00. The number of ether oxygens (including phenoxy) is 1. The molecule has 2 N–H and O–H groups in total. The number of imidazole rings is 1. The van der Waals surface area contributed by atoms with Crippen molar-refractivity contribution in [3.8, 4) is 0 Å². The van der Waals surface area contributed by atoms with E-state index >= 15 is 0 Å². The summed E-state index contributed by atoms with van der Waals surface area (Å²) in [6.45, 7) is 2.94. The molecule has 0 radical (unpaired) electrons. The predicted octanol–water partition coefficient (Wildman–Crippen LogP) is 1.59. The SMILES string of the molecule is Cc1cccc2c1nc(CCl)n2CCOCC(N)=O. The topological polar surface area (TPSA) is 70.1 Å². The second kappa shape index (κ2) is 6.04. The molecular weight excluding hydrogens is 266 g/mol. The van der Waals surface area contributed by atoms with Crippen molar-refractivity contribution in [3.05, 3.63) is 29.6 Å². The summed E-state index contributed by atoms with van der Waals surface area (Å²) in [5.41, 5.74) is 8.10. The van der Waals surface area contributed by atoms with Crippen LogP contribution in [0.1, 0.15) is 11.4 Å². The number of benzene rings is 1. The number of halogens is 1. The van der Waals surface area contributed by atoms with Crippen LogP contribution in [0.3, 0.4) is 0 Å². The summed E-state index contributed by atoms with van der Waals surface area (Å²) in [5, 5.41) is 0. The molecule has 0 bridgehead atoms. The number of nitrogens with two attached hydrogens (primary N) is 1. The molecule has 0 saturated heterocycles. The van der Waals surface area contributed by atoms with E-state index in [1.54, 1.807) is 0 Å². The maximum atomic E-state index is 10.6. The second-order valence-electron chi connectivity index (χ2n) is 4.27. The van der Waals surface area contributed by atoms with Gasteiger partial charge in [-0.25, -0.2) is 4.98 Å². The number of alkyl halides is 1. The van der Waals surface area contributed by atoms with Crippen LogP contribution < -0.4 is 5.73 Å². The minimum atomic E-state index is -0.469. The van der Waals surface area contributed by atoms with Gasteiger partial charge in [-0.05, 0) is 18.6 Å². The quantitative estimate of drug-likeness (QED) is 0.646. The molecule has 0 saturated carbocycles. The van der Waals surface area contributed by atoms with Crippen molar-refractivity contribution in [2.24, 2.45) is 5.73 Å². The number of nitrogens with zero attached hydrogens (tertiary/aromatic N) is 2. The molecular formula is C13H16ClN3O2. The number of hydrogen-bond donors (Lipinski definition) is 1. The van der Waals surface area contributed by atoms with Crippen molar-refractivity contribution in [3.63, 3.8) is 0 Å². The molecule has 2 aromatic rings. The van der Waals surface area contributed by atoms with Gasteiger partial charge in [0.25, 0.3) is 0 Å². The van der Waals surface area contributed by atoms with Crippen molar-refractivity contribution >= 4 is 28.5 Å². The van der Waals surface area contributed by atoms with Crippen LogP contribution in [0.4, 0.5) is 0 Å². The summed E-state index contributed by atoms with van der Waals surface area (Å²) in [7, 11) is 0. The molecule has 0 atom stereocenters. The molecule has 0 aliphatic heterocycles. The zero-order valence-corrected chi connectivity index (χ0v) is 11.5. The Morgan fingerprint density at radius 1 is 1.53 bits per heavy atom. The summed E-state index contributed by atoms with van der Waals surface area (Å²) < 4.78 is 7.19. The molecule has 0 aliphatic rings. The van der Waals surface area contributed by atoms with E-state index < -0.39 is 5.91 Å². The summed E-state index contributed by atoms with van der Waals surface area (Å²) >= 11 is 5.92. The van der Waals surface area contributed by atoms with Crippen molar-refractivity contribution in [1.82, 2.24) is 9.55 Å². The predicted molar refractivity (Wildman–Crippen MR) is 74.0 cm³/mol. The molecule has 19 heavy (non-hydrogen) atoms. The van der Waals surface area contributed by atoms with E-state index in [-0.39, 0.29) is 6.61 Å². The fourth-order valence-corrected chi connectivity index (χ4v) is 2.22. The van der Waals surface area contributed by atoms with Gasteiger partial charge in [-0.15, -0.1) is 11.6 Å². The van der Waals surface area contributed by atoms with Gasteiger partial charge in [0.2, 0.25) is 5.91 Å². The summed E-state index contributed by atoms with van der Waals surface area (Å²) in [5.74, 6) is 0.668. The highest BCUT2D eigenvalue weighted by atomic mass is 35.5. The first-order valence-electron chi connectivity index (χ1n) is 6.00. The Hall–Kier alpha value is -1.59. The maximum Gasteiger partial charge on any atom is 0.243 e. The molecule has 0 unspecified atom stereocenters. The molecule has 0 fully saturated rings. The van der Waals surface area contributed by atoms with Crippen molar-refractivity contribution in [1.29, 1.82) is 0 Å². The number of carbonyl (C=O) groups excluding carboxylic acids is 1. The molecule has 1 heterocycles. The Balaban J connectivity index is 2.21. The third kappa shape index (κ3) is 3.05. The van der Waals surface area contributed by atoms with Gasteiger partial charge in [0.1, 0.15) is 12.4 Å². The number of rotatable bonds is 6. The zero-order valence-electron chi connectivity index (χ0n) is 10.7. The Bertz CT molecular complexity index is 595. The van der Waals surface area contributed by atoms with Gasteiger partial charge < -0.3 is 15.0 Å². The largest absolute Gasteiger partial charge is 0.370 e. The third-order valence-corrected chi connectivity index (χ3v) is 3.12. The highest BCUT2D eigenvalue weighted by Crippen LogP contribution is 2.20. The molecule has 1 aromatic heterocycles. The number of carbonyl (C=O) groups is 1. The van der Waals surface area contributed by atoms with Gasteiger partial charge in [0, 0.05) is 6.54 Å². The smallest absolute Gasteiger partial charge is 0.243 e. The highest BCUT2D eigenvalue weighted by Gasteiger charge is 2.11. The monoisotopic (exact) mass is 281 g/mol. The second-order valence-corrected chi connectivity index (χ2v) is 4.54. The van der Waals surface area contributed by atoms with Gasteiger partial charge in [-0.2, -0.15) is 0 Å². The van der Waals surface area contributed by atoms with Crippen molar-refractivity contribution in [2.45, 2.75) is 19.3 Å². The van der Waals surface area contributed by atoms with Gasteiger partial charge in [0.05, 0.1) is 23.5 Å². The van der Waals surface area contributed by atoms with Crippen LogP contribution in [0.2, 0.25) is 0 Å². The number of fused-ring (bicyclic) bond motifs is 1. The number of aromatic nitrogens is 2. The lowest BCUT2D eigenvalue weighted by molar-refractivity contribution is -0.122. The van der Waals surface area contributed by atoms with E-state index in [2.05, 4.69) is 4.98 Å². The first-order valence-corrected chi connectivity index (χ1v) is 6.53. The summed E-state index contributed by atoms with van der Waals surface area (Å²) in [4.78, 5) is 15.1. The lowest BCUT2D eigenvalue weighted by Crippen LogP contribution is -2.20. The lowest BCUT2D eigenvalue weighted by Gasteiger charge is -2.07. The van der Waals surface area contributed by atoms with Gasteiger partial charge in [0.15, 0.2) is 0 Å². The Morgan fingerprint density at radius 2 is 2.32 bits per heavy atom. The van der Waals surface area contributed by atoms with Crippen LogP contribution in [-0.2, 0) is 22.0 Å². The van der Waals surface area contributed by atoms with E-state index in [9.17, 15) is 4.79 Å². The number of primary amides is 1. The zero-order chi connectivity index (χ0) is 13.8. The third-order valence-electron chi connectivity index (χ3n) is 2.88. The fourth-order valence-electron chi connectivity index (χ4n) is 2.02. The van der Waals surface area contributed by atoms with E-state index in [0.29, 0.717) is 19.0 Å². The number of para-hydroxylation sites is 1. The Kier molecular flexibility index (Phi) is 4.39. The van der Waals surface area contributed by atoms with Crippen LogP contribution in [-0.4, -0.2) is 28.7 Å². The minimum Gasteiger partial charge on any atom is -0.370 e. The van der Waals surface area contributed by atoms with Crippen LogP contribution >= 0.6 is 11.6 Å². The molecule has 0 aliphatic carbocycles. The van der Waals surface area contributed by atoms with Crippen LogP contribution in [0, 0.1) is 6.92 Å². The normalized spacial score (nSPS) is 11.1. The fraction of sp³-hybridized carbons (Fsp3) is 0.385. The molecule has 1 amide bonds. The first kappa shape index (κ1) is 13.8. The molecule has 6 heteroatoms. The van der Waals surface area contributed by atoms with E-state index in [1.807, 2.05) is 29.7 Å². The van der Waals surface area contributed by atoms with E-state index in [0.717, 1.165) is 22.4 Å². The maximum absolute atomic E-state index is 10.6. The summed E-state index contributed by atoms with van der Waals surface area (Å²) in [6.07, 6.45) is 0. The number of amides is 1. The van der Waals surface area contributed by atoms with E-state index in [1.165, 1.54) is 0 Å². The number of hydrogen-bond acceptors (Lipinski definition) is 3. The average molecular weight is 282 g/mol. The standard InChI is InChI=1S/C13H16ClN3O2/c1-9-3-2-4-10-13(9)16-12(7-14)17(10)5-6-19-8-11(15)18/h2-4H,5-8H2,1H3,(H2,15,18). The Morgan fingerprint density at radius 3 is 3.00 bits per heavy atom. The van der Waals surface area contributed by atoms with E-state index in [4.69, 9.17) is 22.1 Å². The first-order chi connectivity index (χ1) is 9.13. The van der Waals surface area contributed by atoms with Crippen molar-refractivity contribution < 1.29 is 9.53 Å². The Labute approximate surface area is 116 Å². The van der Waals surface area contributed by atoms with Gasteiger partial charge in [-0.3, -0.25) is 4.79 Å². The van der Waals surface area contributed by atoms with Gasteiger partial charge >= 0.3 is 0 Å². The van der Waals surface area contributed by atoms with Crippen LogP contribution in [0.15, 0.2) is 18.2 Å². The molecule has 2 rings (SSSR count). The van der Waals surface area contributed by atoms with Crippen LogP contribution in [0.5, 0.6) is 0 Å². The van der Waals surface area contributed by atoms with Gasteiger partial charge in [-0.1, -0.05) is 12.1 Å². The molecule has 102 valence electrons. The molecule has 5 nitrogen and oxygen atoms in total. The van der Waals surface area contributed by atoms with Crippen LogP contribution in [0.25, 0.3) is 11.0 Å². The molecule has 0 spiro atoms. The number of aryl methyl sites for hydroxylation is 1. The van der Waals surface area contributed by atoms with Crippen molar-refractivity contribution in [2.75, 3.05) is 13.2 Å².